The van der Waals surface area contributed by atoms with Gasteiger partial charge in [-0.3, -0.25) is 0 Å². The molecule has 1 heteroatoms. The number of rotatable bonds is 2. The third-order valence-electron chi connectivity index (χ3n) is 3.78. The molecule has 3 rings (SSSR count). The molecule has 0 spiro atoms. The van der Waals surface area contributed by atoms with Gasteiger partial charge in [-0.05, 0) is 36.5 Å². The number of aryl methyl sites for hydroxylation is 3. The topological polar surface area (TPSA) is 3.88 Å². The predicted octanol–water partition coefficient (Wildman–Crippen LogP) is 4.46. The van der Waals surface area contributed by atoms with Gasteiger partial charge in [0, 0.05) is 21.3 Å². The maximum Gasteiger partial charge on any atom is 0.212 e. The molecule has 21 heavy (non-hydrogen) atoms. The van der Waals surface area contributed by atoms with Crippen LogP contribution in [0.1, 0.15) is 15.2 Å². The molecule has 0 fully saturated rings. The van der Waals surface area contributed by atoms with Gasteiger partial charge in [-0.2, -0.15) is 0 Å². The quantitative estimate of drug-likeness (QED) is 0.609. The van der Waals surface area contributed by atoms with Gasteiger partial charge < -0.3 is 0 Å². The van der Waals surface area contributed by atoms with Crippen LogP contribution in [-0.4, -0.2) is 0 Å². The first-order valence-corrected chi connectivity index (χ1v) is 7.03. The molecule has 0 unspecified atom stereocenters. The zero-order chi connectivity index (χ0) is 17.3. The van der Waals surface area contributed by atoms with Crippen molar-refractivity contribution in [3.05, 3.63) is 78.0 Å². The third-order valence-corrected chi connectivity index (χ3v) is 3.78. The van der Waals surface area contributed by atoms with Crippen molar-refractivity contribution in [2.75, 3.05) is 0 Å². The van der Waals surface area contributed by atoms with E-state index in [0.717, 1.165) is 27.9 Å². The summed E-state index contributed by atoms with van der Waals surface area (Å²) in [4.78, 5) is 0. The summed E-state index contributed by atoms with van der Waals surface area (Å²) in [6, 6.07) is 19.5. The zero-order valence-electron chi connectivity index (χ0n) is 15.3. The minimum Gasteiger partial charge on any atom is -0.200 e. The van der Waals surface area contributed by atoms with E-state index in [1.54, 1.807) is 6.07 Å². The van der Waals surface area contributed by atoms with Crippen molar-refractivity contribution in [1.82, 2.24) is 0 Å². The molecule has 0 aliphatic carbocycles. The molecule has 1 nitrogen and oxygen atoms in total. The molecular formula is C20H20N+. The van der Waals surface area contributed by atoms with Crippen molar-refractivity contribution in [2.24, 2.45) is 7.05 Å². The highest BCUT2D eigenvalue weighted by atomic mass is 14.9. The van der Waals surface area contributed by atoms with Gasteiger partial charge in [0.1, 0.15) is 7.05 Å². The lowest BCUT2D eigenvalue weighted by molar-refractivity contribution is -0.660. The number of hydrogen-bond acceptors (Lipinski definition) is 0. The first-order valence-electron chi connectivity index (χ1n) is 8.53. The van der Waals surface area contributed by atoms with Gasteiger partial charge >= 0.3 is 0 Å². The SMILES string of the molecule is [2H]C([2H])([2H])c1cc(-c2ccccc2C)[n+](C)cc1-c1ccccc1. The maximum absolute atomic E-state index is 7.97. The summed E-state index contributed by atoms with van der Waals surface area (Å²) in [6.45, 7) is -0.133. The average molecular weight is 277 g/mol. The van der Waals surface area contributed by atoms with E-state index in [4.69, 9.17) is 4.11 Å². The normalized spacial score (nSPS) is 13.3. The summed E-state index contributed by atoms with van der Waals surface area (Å²) < 4.78 is 25.9. The fraction of sp³-hybridized carbons (Fsp3) is 0.150. The highest BCUT2D eigenvalue weighted by Crippen LogP contribution is 2.26. The lowest BCUT2D eigenvalue weighted by Gasteiger charge is -2.09. The van der Waals surface area contributed by atoms with Crippen LogP contribution in [0.25, 0.3) is 22.4 Å². The van der Waals surface area contributed by atoms with Crippen LogP contribution in [-0.2, 0) is 7.05 Å². The van der Waals surface area contributed by atoms with Crippen LogP contribution in [0.3, 0.4) is 0 Å². The summed E-state index contributed by atoms with van der Waals surface area (Å²) in [5.74, 6) is 0. The Morgan fingerprint density at radius 1 is 0.857 bits per heavy atom. The van der Waals surface area contributed by atoms with E-state index in [9.17, 15) is 0 Å². The van der Waals surface area contributed by atoms with Gasteiger partial charge in [0.05, 0.1) is 0 Å². The van der Waals surface area contributed by atoms with E-state index < -0.39 is 6.85 Å². The Kier molecular flexibility index (Phi) is 2.72. The Labute approximate surface area is 130 Å². The fourth-order valence-electron chi connectivity index (χ4n) is 2.62. The maximum atomic E-state index is 7.97. The number of hydrogen-bond donors (Lipinski definition) is 0. The Morgan fingerprint density at radius 3 is 2.29 bits per heavy atom. The monoisotopic (exact) mass is 277 g/mol. The van der Waals surface area contributed by atoms with Gasteiger partial charge in [0.25, 0.3) is 0 Å². The molecule has 0 atom stereocenters. The zero-order valence-corrected chi connectivity index (χ0v) is 12.3. The molecule has 0 saturated carbocycles. The molecule has 0 aliphatic heterocycles. The van der Waals surface area contributed by atoms with Crippen LogP contribution in [0, 0.1) is 13.8 Å². The van der Waals surface area contributed by atoms with Crippen LogP contribution in [0.5, 0.6) is 0 Å². The van der Waals surface area contributed by atoms with Crippen molar-refractivity contribution in [1.29, 1.82) is 0 Å². The molecule has 0 amide bonds. The van der Waals surface area contributed by atoms with E-state index in [-0.39, 0.29) is 0 Å². The van der Waals surface area contributed by atoms with Crippen molar-refractivity contribution in [3.8, 4) is 22.4 Å². The van der Waals surface area contributed by atoms with Gasteiger partial charge in [0.15, 0.2) is 6.20 Å². The number of pyridine rings is 1. The largest absolute Gasteiger partial charge is 0.212 e. The van der Waals surface area contributed by atoms with Crippen LogP contribution in [0.2, 0.25) is 0 Å². The van der Waals surface area contributed by atoms with E-state index >= 15 is 0 Å². The molecule has 0 radical (unpaired) electrons. The Morgan fingerprint density at radius 2 is 1.57 bits per heavy atom. The summed E-state index contributed by atoms with van der Waals surface area (Å²) >= 11 is 0. The molecule has 0 aliphatic rings. The Balaban J connectivity index is 2.28. The Bertz CT molecular complexity index is 868. The summed E-state index contributed by atoms with van der Waals surface area (Å²) in [5.41, 5.74) is 5.11. The molecule has 0 saturated heterocycles. The fourth-order valence-corrected chi connectivity index (χ4v) is 2.62. The summed E-state index contributed by atoms with van der Waals surface area (Å²) in [7, 11) is 1.96. The van der Waals surface area contributed by atoms with E-state index in [1.165, 1.54) is 0 Å². The first kappa shape index (κ1) is 10.3. The average Bonchev–Trinajstić information content (AvgIpc) is 2.55. The third kappa shape index (κ3) is 2.59. The molecule has 1 aromatic heterocycles. The van der Waals surface area contributed by atoms with Crippen LogP contribution < -0.4 is 4.57 Å². The second-order valence-corrected chi connectivity index (χ2v) is 5.28. The molecule has 3 aromatic rings. The summed E-state index contributed by atoms with van der Waals surface area (Å²) in [5, 5.41) is 0. The smallest absolute Gasteiger partial charge is 0.200 e. The number of nitrogens with zero attached hydrogens (tertiary/aromatic N) is 1. The summed E-state index contributed by atoms with van der Waals surface area (Å²) in [6.07, 6.45) is 1.92. The van der Waals surface area contributed by atoms with E-state index in [1.807, 2.05) is 79.3 Å². The van der Waals surface area contributed by atoms with Crippen molar-refractivity contribution in [3.63, 3.8) is 0 Å². The second-order valence-electron chi connectivity index (χ2n) is 5.28. The van der Waals surface area contributed by atoms with Crippen LogP contribution >= 0.6 is 0 Å². The molecule has 2 aromatic carbocycles. The lowest BCUT2D eigenvalue weighted by atomic mass is 9.98. The molecule has 1 heterocycles. The van der Waals surface area contributed by atoms with E-state index in [2.05, 4.69) is 0 Å². The lowest BCUT2D eigenvalue weighted by Crippen LogP contribution is -2.31. The first-order chi connectivity index (χ1) is 11.4. The van der Waals surface area contributed by atoms with Gasteiger partial charge in [-0.15, -0.1) is 0 Å². The number of benzene rings is 2. The Hall–Kier alpha value is -2.41. The molecule has 0 bridgehead atoms. The van der Waals surface area contributed by atoms with Crippen LogP contribution in [0.15, 0.2) is 66.9 Å². The molecular weight excluding hydrogens is 254 g/mol. The van der Waals surface area contributed by atoms with Gasteiger partial charge in [-0.1, -0.05) is 48.5 Å². The minimum atomic E-state index is -2.17. The highest BCUT2D eigenvalue weighted by molar-refractivity contribution is 5.69. The predicted molar refractivity (Wildman–Crippen MR) is 88.0 cm³/mol. The van der Waals surface area contributed by atoms with Crippen molar-refractivity contribution in [2.45, 2.75) is 13.8 Å². The minimum absolute atomic E-state index is 0.380. The van der Waals surface area contributed by atoms with Crippen molar-refractivity contribution < 1.29 is 8.68 Å². The molecule has 0 N–H and O–H groups in total. The van der Waals surface area contributed by atoms with Crippen LogP contribution in [0.4, 0.5) is 0 Å². The van der Waals surface area contributed by atoms with Gasteiger partial charge in [0.2, 0.25) is 5.69 Å². The van der Waals surface area contributed by atoms with Gasteiger partial charge in [-0.25, -0.2) is 4.57 Å². The standard InChI is InChI=1S/C20H20N/c1-15-9-7-8-12-18(15)20-13-16(2)19(14-21(20)3)17-10-5-4-6-11-17/h4-14H,1-3H3/q+1/i2D3. The highest BCUT2D eigenvalue weighted by Gasteiger charge is 2.15. The van der Waals surface area contributed by atoms with Crippen molar-refractivity contribution >= 4 is 0 Å². The second kappa shape index (κ2) is 5.53. The molecule has 104 valence electrons. The number of aromatic nitrogens is 1. The van der Waals surface area contributed by atoms with E-state index in [0.29, 0.717) is 5.56 Å².